The maximum absolute atomic E-state index is 12.0. The van der Waals surface area contributed by atoms with Crippen molar-refractivity contribution in [3.8, 4) is 0 Å². The van der Waals surface area contributed by atoms with Crippen molar-refractivity contribution in [3.05, 3.63) is 63.9 Å². The lowest BCUT2D eigenvalue weighted by Gasteiger charge is -1.96. The first-order valence-electron chi connectivity index (χ1n) is 6.39. The van der Waals surface area contributed by atoms with Gasteiger partial charge in [0.25, 0.3) is 0 Å². The fourth-order valence-corrected chi connectivity index (χ4v) is 2.63. The van der Waals surface area contributed by atoms with Crippen molar-refractivity contribution in [1.29, 1.82) is 0 Å². The Balaban J connectivity index is 1.73. The van der Waals surface area contributed by atoms with Gasteiger partial charge >= 0.3 is 0 Å². The highest BCUT2D eigenvalue weighted by Crippen LogP contribution is 2.16. The molecule has 0 saturated heterocycles. The summed E-state index contributed by atoms with van der Waals surface area (Å²) in [6, 6.07) is 9.88. The molecule has 0 saturated carbocycles. The molecule has 2 heterocycles. The van der Waals surface area contributed by atoms with Gasteiger partial charge in [-0.2, -0.15) is 5.21 Å². The number of rotatable bonds is 5. The number of carbonyl (C=O) groups excluding carboxylic acids is 1. The summed E-state index contributed by atoms with van der Waals surface area (Å²) >= 11 is 1.40. The van der Waals surface area contributed by atoms with E-state index in [0.717, 1.165) is 16.6 Å². The Morgan fingerprint density at radius 1 is 1.32 bits per heavy atom. The van der Waals surface area contributed by atoms with Gasteiger partial charge in [-0.1, -0.05) is 30.3 Å². The van der Waals surface area contributed by atoms with Crippen LogP contribution in [0, 0.1) is 0 Å². The second-order valence-corrected chi connectivity index (χ2v) is 5.36. The van der Waals surface area contributed by atoms with Gasteiger partial charge in [0.05, 0.1) is 5.01 Å². The summed E-state index contributed by atoms with van der Waals surface area (Å²) in [5, 5.41) is 24.9. The fraction of sp³-hybridized carbons (Fsp3) is 0.0714. The SMILES string of the molecule is O=C(C=C(O)c1nn[nH]n1)c1csc(Cc2ccccc2)n1. The van der Waals surface area contributed by atoms with E-state index in [0.29, 0.717) is 6.42 Å². The van der Waals surface area contributed by atoms with Crippen molar-refractivity contribution in [2.75, 3.05) is 0 Å². The molecule has 0 atom stereocenters. The molecule has 22 heavy (non-hydrogen) atoms. The minimum absolute atomic E-state index is 0.0342. The minimum atomic E-state index is -0.405. The van der Waals surface area contributed by atoms with Crippen molar-refractivity contribution >= 4 is 22.9 Å². The van der Waals surface area contributed by atoms with Gasteiger partial charge in [-0.3, -0.25) is 4.79 Å². The van der Waals surface area contributed by atoms with E-state index in [1.807, 2.05) is 30.3 Å². The van der Waals surface area contributed by atoms with Gasteiger partial charge in [0.1, 0.15) is 5.69 Å². The third-order valence-electron chi connectivity index (χ3n) is 2.84. The van der Waals surface area contributed by atoms with Gasteiger partial charge in [-0.05, 0) is 10.8 Å². The van der Waals surface area contributed by atoms with Crippen LogP contribution in [0.4, 0.5) is 0 Å². The Hall–Kier alpha value is -2.87. The number of carbonyl (C=O) groups is 1. The van der Waals surface area contributed by atoms with E-state index in [4.69, 9.17) is 0 Å². The number of H-pyrrole nitrogens is 1. The molecule has 2 N–H and O–H groups in total. The number of nitrogens with one attached hydrogen (secondary N) is 1. The first-order valence-corrected chi connectivity index (χ1v) is 7.27. The average Bonchev–Trinajstić information content (AvgIpc) is 3.19. The number of ketones is 1. The molecule has 0 radical (unpaired) electrons. The first kappa shape index (κ1) is 14.1. The van der Waals surface area contributed by atoms with E-state index >= 15 is 0 Å². The molecule has 0 amide bonds. The predicted molar refractivity (Wildman–Crippen MR) is 80.5 cm³/mol. The Bertz CT molecular complexity index is 796. The smallest absolute Gasteiger partial charge is 0.239 e. The molecule has 2 aromatic heterocycles. The van der Waals surface area contributed by atoms with Gasteiger partial charge in [0.15, 0.2) is 5.76 Å². The van der Waals surface area contributed by atoms with E-state index in [-0.39, 0.29) is 17.3 Å². The molecule has 7 nitrogen and oxygen atoms in total. The zero-order valence-electron chi connectivity index (χ0n) is 11.3. The second kappa shape index (κ2) is 6.27. The Morgan fingerprint density at radius 3 is 2.86 bits per heavy atom. The first-order chi connectivity index (χ1) is 10.7. The van der Waals surface area contributed by atoms with E-state index in [1.165, 1.54) is 11.3 Å². The van der Waals surface area contributed by atoms with Crippen molar-refractivity contribution in [2.24, 2.45) is 0 Å². The molecule has 3 aromatic rings. The number of aromatic nitrogens is 5. The monoisotopic (exact) mass is 313 g/mol. The molecule has 0 fully saturated rings. The molecule has 0 unspecified atom stereocenters. The summed E-state index contributed by atoms with van der Waals surface area (Å²) in [6.07, 6.45) is 1.70. The Labute approximate surface area is 129 Å². The highest BCUT2D eigenvalue weighted by molar-refractivity contribution is 7.09. The Kier molecular flexibility index (Phi) is 4.01. The predicted octanol–water partition coefficient (Wildman–Crippen LogP) is 2.03. The van der Waals surface area contributed by atoms with Crippen LogP contribution in [-0.2, 0) is 6.42 Å². The van der Waals surface area contributed by atoms with Crippen LogP contribution >= 0.6 is 11.3 Å². The number of nitrogens with zero attached hydrogens (tertiary/aromatic N) is 4. The summed E-state index contributed by atoms with van der Waals surface area (Å²) in [7, 11) is 0. The van der Waals surface area contributed by atoms with Gasteiger partial charge in [-0.25, -0.2) is 4.98 Å². The summed E-state index contributed by atoms with van der Waals surface area (Å²) in [5.41, 5.74) is 1.41. The van der Waals surface area contributed by atoms with Crippen LogP contribution in [0.3, 0.4) is 0 Å². The molecule has 1 aromatic carbocycles. The van der Waals surface area contributed by atoms with Crippen molar-refractivity contribution in [3.63, 3.8) is 0 Å². The number of aliphatic hydroxyl groups excluding tert-OH is 1. The molecule has 0 aliphatic carbocycles. The van der Waals surface area contributed by atoms with Crippen LogP contribution in [0.5, 0.6) is 0 Å². The topological polar surface area (TPSA) is 105 Å². The molecule has 0 aliphatic heterocycles. The standard InChI is InChI=1S/C14H11N5O2S/c20-11(7-12(21)14-16-18-19-17-14)10-8-22-13(15-10)6-9-4-2-1-3-5-9/h1-5,7-8,21H,6H2,(H,16,17,18,19). The third kappa shape index (κ3) is 3.23. The van der Waals surface area contributed by atoms with E-state index < -0.39 is 5.78 Å². The van der Waals surface area contributed by atoms with Crippen molar-refractivity contribution in [2.45, 2.75) is 6.42 Å². The van der Waals surface area contributed by atoms with Crippen molar-refractivity contribution in [1.82, 2.24) is 25.6 Å². The molecule has 0 bridgehead atoms. The van der Waals surface area contributed by atoms with Crippen molar-refractivity contribution < 1.29 is 9.90 Å². The number of aliphatic hydroxyl groups is 1. The van der Waals surface area contributed by atoms with E-state index in [1.54, 1.807) is 5.38 Å². The highest BCUT2D eigenvalue weighted by atomic mass is 32.1. The second-order valence-electron chi connectivity index (χ2n) is 4.42. The quantitative estimate of drug-likeness (QED) is 0.424. The van der Waals surface area contributed by atoms with Gasteiger partial charge in [-0.15, -0.1) is 21.5 Å². The van der Waals surface area contributed by atoms with Gasteiger partial charge in [0.2, 0.25) is 11.6 Å². The number of tetrazole rings is 1. The molecular weight excluding hydrogens is 302 g/mol. The average molecular weight is 313 g/mol. The number of aromatic amines is 1. The zero-order chi connectivity index (χ0) is 15.4. The van der Waals surface area contributed by atoms with Crippen LogP contribution in [0.25, 0.3) is 5.76 Å². The van der Waals surface area contributed by atoms with Crippen LogP contribution < -0.4 is 0 Å². The van der Waals surface area contributed by atoms with Crippen LogP contribution in [0.1, 0.15) is 26.9 Å². The zero-order valence-corrected chi connectivity index (χ0v) is 12.1. The number of thiazole rings is 1. The molecule has 0 aliphatic rings. The summed E-state index contributed by atoms with van der Waals surface area (Å²) in [6.45, 7) is 0. The Morgan fingerprint density at radius 2 is 2.14 bits per heavy atom. The van der Waals surface area contributed by atoms with Crippen LogP contribution in [-0.4, -0.2) is 36.5 Å². The van der Waals surface area contributed by atoms with Crippen LogP contribution in [0.2, 0.25) is 0 Å². The summed E-state index contributed by atoms with van der Waals surface area (Å²) in [5.74, 6) is -0.790. The third-order valence-corrected chi connectivity index (χ3v) is 3.69. The maximum Gasteiger partial charge on any atom is 0.239 e. The van der Waals surface area contributed by atoms with Gasteiger partial charge in [0, 0.05) is 17.9 Å². The van der Waals surface area contributed by atoms with Gasteiger partial charge < -0.3 is 5.11 Å². The lowest BCUT2D eigenvalue weighted by Crippen LogP contribution is -1.99. The largest absolute Gasteiger partial charge is 0.504 e. The normalized spacial score (nSPS) is 11.5. The summed E-state index contributed by atoms with van der Waals surface area (Å²) < 4.78 is 0. The number of hydrogen-bond donors (Lipinski definition) is 2. The molecule has 0 spiro atoms. The molecule has 110 valence electrons. The molecule has 3 rings (SSSR count). The van der Waals surface area contributed by atoms with Crippen LogP contribution in [0.15, 0.2) is 41.8 Å². The lowest BCUT2D eigenvalue weighted by atomic mass is 10.2. The lowest BCUT2D eigenvalue weighted by molar-refractivity contribution is 0.104. The number of hydrogen-bond acceptors (Lipinski definition) is 7. The highest BCUT2D eigenvalue weighted by Gasteiger charge is 2.12. The molecular formula is C14H11N5O2S. The maximum atomic E-state index is 12.0. The number of benzene rings is 1. The number of allylic oxidation sites excluding steroid dienone is 1. The minimum Gasteiger partial charge on any atom is -0.504 e. The fourth-order valence-electron chi connectivity index (χ4n) is 1.81. The van der Waals surface area contributed by atoms with E-state index in [2.05, 4.69) is 25.6 Å². The molecule has 8 heteroatoms. The summed E-state index contributed by atoms with van der Waals surface area (Å²) in [4.78, 5) is 16.3. The van der Waals surface area contributed by atoms with E-state index in [9.17, 15) is 9.90 Å².